The highest BCUT2D eigenvalue weighted by Gasteiger charge is 1.94. The van der Waals surface area contributed by atoms with E-state index in [9.17, 15) is 0 Å². The van der Waals surface area contributed by atoms with Crippen molar-refractivity contribution >= 4 is 0 Å². The van der Waals surface area contributed by atoms with Crippen LogP contribution in [0.2, 0.25) is 0 Å². The van der Waals surface area contributed by atoms with Crippen LogP contribution in [0, 0.1) is 0 Å². The SMILES string of the molecule is CCCc1ccc(OCCCN)cc1. The number of nitrogens with two attached hydrogens (primary N) is 1. The van der Waals surface area contributed by atoms with Crippen LogP contribution in [0.1, 0.15) is 25.3 Å². The van der Waals surface area contributed by atoms with E-state index in [0.717, 1.165) is 18.6 Å². The first-order chi connectivity index (χ1) is 6.86. The predicted octanol–water partition coefficient (Wildman–Crippen LogP) is 2.37. The molecule has 0 heterocycles. The van der Waals surface area contributed by atoms with Crippen molar-refractivity contribution in [1.82, 2.24) is 0 Å². The normalized spacial score (nSPS) is 10.1. The van der Waals surface area contributed by atoms with Crippen LogP contribution < -0.4 is 10.5 Å². The fourth-order valence-electron chi connectivity index (χ4n) is 1.31. The molecule has 0 aliphatic heterocycles. The first-order valence-electron chi connectivity index (χ1n) is 5.28. The first-order valence-corrected chi connectivity index (χ1v) is 5.28. The summed E-state index contributed by atoms with van der Waals surface area (Å²) < 4.78 is 5.50. The van der Waals surface area contributed by atoms with Crippen LogP contribution in [-0.4, -0.2) is 13.2 Å². The van der Waals surface area contributed by atoms with E-state index < -0.39 is 0 Å². The number of ether oxygens (including phenoxy) is 1. The van der Waals surface area contributed by atoms with Crippen molar-refractivity contribution in [3.63, 3.8) is 0 Å². The molecule has 2 heteroatoms. The molecule has 14 heavy (non-hydrogen) atoms. The van der Waals surface area contributed by atoms with E-state index in [1.807, 2.05) is 12.1 Å². The fraction of sp³-hybridized carbons (Fsp3) is 0.500. The minimum Gasteiger partial charge on any atom is -0.494 e. The number of benzene rings is 1. The van der Waals surface area contributed by atoms with Crippen molar-refractivity contribution in [1.29, 1.82) is 0 Å². The first kappa shape index (κ1) is 11.1. The maximum atomic E-state index is 5.50. The summed E-state index contributed by atoms with van der Waals surface area (Å²) in [6.45, 7) is 3.59. The summed E-state index contributed by atoms with van der Waals surface area (Å²) in [7, 11) is 0. The second-order valence-electron chi connectivity index (χ2n) is 3.38. The number of hydrogen-bond acceptors (Lipinski definition) is 2. The van der Waals surface area contributed by atoms with Gasteiger partial charge in [-0.3, -0.25) is 0 Å². The summed E-state index contributed by atoms with van der Waals surface area (Å²) >= 11 is 0. The molecule has 0 bridgehead atoms. The largest absolute Gasteiger partial charge is 0.494 e. The Morgan fingerprint density at radius 1 is 1.21 bits per heavy atom. The van der Waals surface area contributed by atoms with Crippen LogP contribution in [0.3, 0.4) is 0 Å². The molecule has 0 amide bonds. The zero-order chi connectivity index (χ0) is 10.2. The summed E-state index contributed by atoms with van der Waals surface area (Å²) in [5, 5.41) is 0. The third kappa shape index (κ3) is 3.79. The lowest BCUT2D eigenvalue weighted by molar-refractivity contribution is 0.313. The highest BCUT2D eigenvalue weighted by atomic mass is 16.5. The molecule has 1 aromatic rings. The average Bonchev–Trinajstić information content (AvgIpc) is 2.21. The third-order valence-corrected chi connectivity index (χ3v) is 2.08. The molecule has 0 saturated heterocycles. The molecule has 0 spiro atoms. The van der Waals surface area contributed by atoms with E-state index >= 15 is 0 Å². The van der Waals surface area contributed by atoms with Gasteiger partial charge in [0.15, 0.2) is 0 Å². The Hall–Kier alpha value is -1.02. The molecule has 2 nitrogen and oxygen atoms in total. The Kier molecular flexibility index (Phi) is 5.08. The van der Waals surface area contributed by atoms with Gasteiger partial charge < -0.3 is 10.5 Å². The van der Waals surface area contributed by atoms with E-state index in [0.29, 0.717) is 13.2 Å². The Bertz CT molecular complexity index is 243. The monoisotopic (exact) mass is 193 g/mol. The summed E-state index contributed by atoms with van der Waals surface area (Å²) in [4.78, 5) is 0. The van der Waals surface area contributed by atoms with Gasteiger partial charge in [-0.15, -0.1) is 0 Å². The lowest BCUT2D eigenvalue weighted by Crippen LogP contribution is -2.05. The summed E-state index contributed by atoms with van der Waals surface area (Å²) in [6.07, 6.45) is 3.24. The minimum absolute atomic E-state index is 0.688. The van der Waals surface area contributed by atoms with Crippen LogP contribution in [0.4, 0.5) is 0 Å². The van der Waals surface area contributed by atoms with Crippen molar-refractivity contribution in [3.05, 3.63) is 29.8 Å². The van der Waals surface area contributed by atoms with Gasteiger partial charge in [-0.1, -0.05) is 25.5 Å². The molecule has 0 fully saturated rings. The zero-order valence-electron chi connectivity index (χ0n) is 8.83. The highest BCUT2D eigenvalue weighted by molar-refractivity contribution is 5.27. The van der Waals surface area contributed by atoms with Crippen molar-refractivity contribution < 1.29 is 4.74 Å². The molecule has 1 rings (SSSR count). The van der Waals surface area contributed by atoms with Gasteiger partial charge in [-0.25, -0.2) is 0 Å². The van der Waals surface area contributed by atoms with Crippen LogP contribution in [0.5, 0.6) is 5.75 Å². The van der Waals surface area contributed by atoms with Gasteiger partial charge in [-0.05, 0) is 37.1 Å². The Morgan fingerprint density at radius 3 is 2.50 bits per heavy atom. The van der Waals surface area contributed by atoms with Gasteiger partial charge in [-0.2, -0.15) is 0 Å². The molecule has 0 aliphatic carbocycles. The molecule has 0 saturated carbocycles. The lowest BCUT2D eigenvalue weighted by atomic mass is 10.1. The van der Waals surface area contributed by atoms with E-state index in [1.54, 1.807) is 0 Å². The molecular weight excluding hydrogens is 174 g/mol. The molecule has 0 radical (unpaired) electrons. The van der Waals surface area contributed by atoms with Crippen LogP contribution in [0.15, 0.2) is 24.3 Å². The van der Waals surface area contributed by atoms with Crippen molar-refractivity contribution in [2.24, 2.45) is 5.73 Å². The zero-order valence-corrected chi connectivity index (χ0v) is 8.83. The molecule has 0 aliphatic rings. The Balaban J connectivity index is 2.38. The van der Waals surface area contributed by atoms with Crippen LogP contribution in [-0.2, 0) is 6.42 Å². The van der Waals surface area contributed by atoms with Gasteiger partial charge in [0.25, 0.3) is 0 Å². The fourth-order valence-corrected chi connectivity index (χ4v) is 1.31. The maximum absolute atomic E-state index is 5.50. The van der Waals surface area contributed by atoms with Gasteiger partial charge in [0.1, 0.15) is 5.75 Å². The molecule has 0 unspecified atom stereocenters. The van der Waals surface area contributed by atoms with Crippen molar-refractivity contribution in [3.8, 4) is 5.75 Å². The van der Waals surface area contributed by atoms with Gasteiger partial charge in [0.05, 0.1) is 6.61 Å². The molecule has 0 atom stereocenters. The number of hydrogen-bond donors (Lipinski definition) is 1. The van der Waals surface area contributed by atoms with E-state index in [-0.39, 0.29) is 0 Å². The molecular formula is C12H19NO. The number of rotatable bonds is 6. The smallest absolute Gasteiger partial charge is 0.119 e. The minimum atomic E-state index is 0.688. The topological polar surface area (TPSA) is 35.2 Å². The quantitative estimate of drug-likeness (QED) is 0.704. The predicted molar refractivity (Wildman–Crippen MR) is 59.6 cm³/mol. The third-order valence-electron chi connectivity index (χ3n) is 2.08. The van der Waals surface area contributed by atoms with Crippen LogP contribution >= 0.6 is 0 Å². The molecule has 1 aromatic carbocycles. The van der Waals surface area contributed by atoms with Gasteiger partial charge >= 0.3 is 0 Å². The Morgan fingerprint density at radius 2 is 1.93 bits per heavy atom. The highest BCUT2D eigenvalue weighted by Crippen LogP contribution is 2.13. The van der Waals surface area contributed by atoms with E-state index in [4.69, 9.17) is 10.5 Å². The van der Waals surface area contributed by atoms with Crippen LogP contribution in [0.25, 0.3) is 0 Å². The van der Waals surface area contributed by atoms with E-state index in [1.165, 1.54) is 12.0 Å². The standard InChI is InChI=1S/C12H19NO/c1-2-4-11-5-7-12(8-6-11)14-10-3-9-13/h5-8H,2-4,9-10,13H2,1H3. The number of aryl methyl sites for hydroxylation is 1. The van der Waals surface area contributed by atoms with E-state index in [2.05, 4.69) is 19.1 Å². The summed E-state index contributed by atoms with van der Waals surface area (Å²) in [5.41, 5.74) is 6.75. The average molecular weight is 193 g/mol. The van der Waals surface area contributed by atoms with Crippen molar-refractivity contribution in [2.45, 2.75) is 26.2 Å². The second-order valence-corrected chi connectivity index (χ2v) is 3.38. The van der Waals surface area contributed by atoms with Crippen molar-refractivity contribution in [2.75, 3.05) is 13.2 Å². The maximum Gasteiger partial charge on any atom is 0.119 e. The Labute approximate surface area is 86.1 Å². The molecule has 2 N–H and O–H groups in total. The second kappa shape index (κ2) is 6.44. The summed E-state index contributed by atoms with van der Waals surface area (Å²) in [5.74, 6) is 0.943. The van der Waals surface area contributed by atoms with Gasteiger partial charge in [0.2, 0.25) is 0 Å². The van der Waals surface area contributed by atoms with Gasteiger partial charge in [0, 0.05) is 0 Å². The molecule has 0 aromatic heterocycles. The lowest BCUT2D eigenvalue weighted by Gasteiger charge is -2.05. The summed E-state index contributed by atoms with van der Waals surface area (Å²) in [6, 6.07) is 8.31. The molecule has 78 valence electrons.